The van der Waals surface area contributed by atoms with Gasteiger partial charge in [-0.15, -0.1) is 0 Å². The Hall–Kier alpha value is -3.03. The first-order chi connectivity index (χ1) is 14.1. The van der Waals surface area contributed by atoms with Gasteiger partial charge in [0, 0.05) is 12.2 Å². The molecule has 3 aromatic carbocycles. The maximum Gasteiger partial charge on any atom is 0.258 e. The lowest BCUT2D eigenvalue weighted by Crippen LogP contribution is -2.24. The number of sulfonamides is 1. The normalized spacial score (nSPS) is 11.3. The van der Waals surface area contributed by atoms with E-state index >= 15 is 0 Å². The van der Waals surface area contributed by atoms with E-state index in [0.717, 1.165) is 40.5 Å². The van der Waals surface area contributed by atoms with Crippen LogP contribution in [0.2, 0.25) is 0 Å². The largest absolute Gasteiger partial charge is 0.322 e. The smallest absolute Gasteiger partial charge is 0.258 e. The Balaban J connectivity index is 1.80. The van der Waals surface area contributed by atoms with Gasteiger partial charge in [-0.3, -0.25) is 4.79 Å². The molecule has 3 rings (SSSR count). The fraction of sp³-hybridized carbons (Fsp3) is 0.174. The second-order valence-corrected chi connectivity index (χ2v) is 9.05. The van der Waals surface area contributed by atoms with E-state index in [2.05, 4.69) is 10.0 Å². The van der Waals surface area contributed by atoms with Crippen molar-refractivity contribution >= 4 is 21.6 Å². The minimum Gasteiger partial charge on any atom is -0.322 e. The minimum absolute atomic E-state index is 0.0874. The molecule has 0 saturated carbocycles. The van der Waals surface area contributed by atoms with Crippen LogP contribution in [0, 0.1) is 26.6 Å². The van der Waals surface area contributed by atoms with Gasteiger partial charge >= 0.3 is 0 Å². The van der Waals surface area contributed by atoms with Gasteiger partial charge in [0.05, 0.1) is 10.5 Å². The quantitative estimate of drug-likeness (QED) is 0.610. The lowest BCUT2D eigenvalue weighted by Gasteiger charge is -2.11. The molecule has 3 aromatic rings. The van der Waals surface area contributed by atoms with Gasteiger partial charge in [-0.1, -0.05) is 35.9 Å². The van der Waals surface area contributed by atoms with E-state index in [9.17, 15) is 17.6 Å². The van der Waals surface area contributed by atoms with Crippen LogP contribution in [0.15, 0.2) is 65.6 Å². The van der Waals surface area contributed by atoms with Crippen molar-refractivity contribution in [1.29, 1.82) is 0 Å². The molecule has 0 bridgehead atoms. The Labute approximate surface area is 176 Å². The average molecular weight is 427 g/mol. The van der Waals surface area contributed by atoms with Gasteiger partial charge in [0.15, 0.2) is 0 Å². The molecule has 0 saturated heterocycles. The zero-order valence-corrected chi connectivity index (χ0v) is 17.8. The van der Waals surface area contributed by atoms with Crippen molar-refractivity contribution in [2.45, 2.75) is 32.2 Å². The highest BCUT2D eigenvalue weighted by molar-refractivity contribution is 7.89. The first-order valence-electron chi connectivity index (χ1n) is 9.38. The Morgan fingerprint density at radius 1 is 0.867 bits per heavy atom. The van der Waals surface area contributed by atoms with Crippen LogP contribution in [0.3, 0.4) is 0 Å². The van der Waals surface area contributed by atoms with Gasteiger partial charge in [0.25, 0.3) is 5.91 Å². The predicted molar refractivity (Wildman–Crippen MR) is 115 cm³/mol. The molecular weight excluding hydrogens is 403 g/mol. The maximum absolute atomic E-state index is 14.3. The van der Waals surface area contributed by atoms with E-state index in [1.807, 2.05) is 51.1 Å². The molecule has 0 heterocycles. The highest BCUT2D eigenvalue weighted by Crippen LogP contribution is 2.19. The molecule has 30 heavy (non-hydrogen) atoms. The molecule has 156 valence electrons. The van der Waals surface area contributed by atoms with E-state index in [1.54, 1.807) is 12.1 Å². The average Bonchev–Trinajstić information content (AvgIpc) is 2.67. The fourth-order valence-electron chi connectivity index (χ4n) is 3.06. The van der Waals surface area contributed by atoms with E-state index in [0.29, 0.717) is 5.69 Å². The van der Waals surface area contributed by atoms with Crippen LogP contribution in [-0.4, -0.2) is 14.3 Å². The Morgan fingerprint density at radius 2 is 1.50 bits per heavy atom. The fourth-order valence-corrected chi connectivity index (χ4v) is 4.10. The van der Waals surface area contributed by atoms with Gasteiger partial charge in [-0.05, 0) is 67.8 Å². The van der Waals surface area contributed by atoms with Crippen molar-refractivity contribution in [2.24, 2.45) is 0 Å². The summed E-state index contributed by atoms with van der Waals surface area (Å²) in [5.41, 5.74) is 3.93. The summed E-state index contributed by atoms with van der Waals surface area (Å²) in [4.78, 5) is 12.4. The number of amides is 1. The second kappa shape index (κ2) is 8.77. The number of benzene rings is 3. The van der Waals surface area contributed by atoms with Gasteiger partial charge in [-0.2, -0.15) is 0 Å². The molecular formula is C23H23FN2O3S. The maximum atomic E-state index is 14.3. The Morgan fingerprint density at radius 3 is 2.13 bits per heavy atom. The standard InChI is InChI=1S/C23H23FN2O3S/c1-15-4-6-18(7-5-15)14-25-30(28,29)20-8-9-22(24)21(13-20)23(27)26-19-11-16(2)10-17(3)12-19/h4-13,25H,14H2,1-3H3,(H,26,27). The molecule has 1 amide bonds. The van der Waals surface area contributed by atoms with Crippen molar-refractivity contribution in [3.63, 3.8) is 0 Å². The Kier molecular flexibility index (Phi) is 6.34. The monoisotopic (exact) mass is 426 g/mol. The van der Waals surface area contributed by atoms with Crippen LogP contribution in [0.1, 0.15) is 32.6 Å². The molecule has 7 heteroatoms. The molecule has 2 N–H and O–H groups in total. The van der Waals surface area contributed by atoms with Crippen molar-refractivity contribution in [3.8, 4) is 0 Å². The van der Waals surface area contributed by atoms with Crippen LogP contribution in [0.4, 0.5) is 10.1 Å². The summed E-state index contributed by atoms with van der Waals surface area (Å²) in [6.07, 6.45) is 0. The summed E-state index contributed by atoms with van der Waals surface area (Å²) in [5, 5.41) is 2.63. The molecule has 0 aliphatic heterocycles. The lowest BCUT2D eigenvalue weighted by atomic mass is 10.1. The predicted octanol–water partition coefficient (Wildman–Crippen LogP) is 4.48. The minimum atomic E-state index is -3.92. The summed E-state index contributed by atoms with van der Waals surface area (Å²) in [6, 6.07) is 16.1. The third-order valence-corrected chi connectivity index (χ3v) is 5.96. The number of hydrogen-bond acceptors (Lipinski definition) is 3. The third kappa shape index (κ3) is 5.31. The number of halogens is 1. The van der Waals surface area contributed by atoms with E-state index < -0.39 is 21.7 Å². The highest BCUT2D eigenvalue weighted by Gasteiger charge is 2.19. The molecule has 0 aromatic heterocycles. The molecule has 0 spiro atoms. The first kappa shape index (κ1) is 21.7. The summed E-state index contributed by atoms with van der Waals surface area (Å²) < 4.78 is 42.0. The molecule has 0 radical (unpaired) electrons. The number of nitrogens with one attached hydrogen (secondary N) is 2. The van der Waals surface area contributed by atoms with Crippen LogP contribution in [0.25, 0.3) is 0 Å². The third-order valence-electron chi connectivity index (χ3n) is 4.56. The molecule has 5 nitrogen and oxygen atoms in total. The van der Waals surface area contributed by atoms with Gasteiger partial charge in [0.2, 0.25) is 10.0 Å². The van der Waals surface area contributed by atoms with Gasteiger partial charge in [0.1, 0.15) is 5.82 Å². The van der Waals surface area contributed by atoms with Crippen molar-refractivity contribution in [3.05, 3.63) is 94.3 Å². The van der Waals surface area contributed by atoms with E-state index in [-0.39, 0.29) is 17.0 Å². The van der Waals surface area contributed by atoms with Gasteiger partial charge < -0.3 is 5.32 Å². The second-order valence-electron chi connectivity index (χ2n) is 7.28. The highest BCUT2D eigenvalue weighted by atomic mass is 32.2. The molecule has 0 atom stereocenters. The number of anilines is 1. The SMILES string of the molecule is Cc1ccc(CNS(=O)(=O)c2ccc(F)c(C(=O)Nc3cc(C)cc(C)c3)c2)cc1. The van der Waals surface area contributed by atoms with Crippen molar-refractivity contribution in [1.82, 2.24) is 4.72 Å². The zero-order valence-electron chi connectivity index (χ0n) is 17.0. The number of rotatable bonds is 6. The molecule has 0 aliphatic carbocycles. The lowest BCUT2D eigenvalue weighted by molar-refractivity contribution is 0.102. The number of carbonyl (C=O) groups is 1. The van der Waals surface area contributed by atoms with Crippen LogP contribution in [-0.2, 0) is 16.6 Å². The number of hydrogen-bond donors (Lipinski definition) is 2. The van der Waals surface area contributed by atoms with E-state index in [4.69, 9.17) is 0 Å². The van der Waals surface area contributed by atoms with Crippen molar-refractivity contribution in [2.75, 3.05) is 5.32 Å². The van der Waals surface area contributed by atoms with Gasteiger partial charge in [-0.25, -0.2) is 17.5 Å². The zero-order chi connectivity index (χ0) is 21.9. The molecule has 0 unspecified atom stereocenters. The van der Waals surface area contributed by atoms with E-state index in [1.165, 1.54) is 0 Å². The number of carbonyl (C=O) groups excluding carboxylic acids is 1. The van der Waals surface area contributed by atoms with Crippen LogP contribution >= 0.6 is 0 Å². The first-order valence-corrected chi connectivity index (χ1v) is 10.9. The summed E-state index contributed by atoms with van der Waals surface area (Å²) in [7, 11) is -3.92. The van der Waals surface area contributed by atoms with Crippen LogP contribution in [0.5, 0.6) is 0 Å². The van der Waals surface area contributed by atoms with Crippen molar-refractivity contribution < 1.29 is 17.6 Å². The summed E-state index contributed by atoms with van der Waals surface area (Å²) >= 11 is 0. The summed E-state index contributed by atoms with van der Waals surface area (Å²) in [6.45, 7) is 5.80. The molecule has 0 aliphatic rings. The Bertz CT molecular complexity index is 1170. The number of aryl methyl sites for hydroxylation is 3. The summed E-state index contributed by atoms with van der Waals surface area (Å²) in [5.74, 6) is -1.51. The van der Waals surface area contributed by atoms with Crippen LogP contribution < -0.4 is 10.0 Å². The molecule has 0 fully saturated rings. The topological polar surface area (TPSA) is 75.3 Å².